The minimum atomic E-state index is 0.692. The maximum Gasteiger partial charge on any atom is 0.126 e. The lowest BCUT2D eigenvalue weighted by molar-refractivity contribution is 0.609. The summed E-state index contributed by atoms with van der Waals surface area (Å²) in [7, 11) is 0. The van der Waals surface area contributed by atoms with Crippen LogP contribution in [0.3, 0.4) is 0 Å². The lowest BCUT2D eigenvalue weighted by Crippen LogP contribution is -2.07. The van der Waals surface area contributed by atoms with E-state index in [9.17, 15) is 0 Å². The standard InChI is InChI=1S/C13H23N3S/c1-3-4-8-16-12(14)11(7-9-17-2)15-13(16)10-5-6-10/h10H,3-9,14H2,1-2H3. The topological polar surface area (TPSA) is 43.8 Å². The van der Waals surface area contributed by atoms with E-state index >= 15 is 0 Å². The Morgan fingerprint density at radius 1 is 1.47 bits per heavy atom. The van der Waals surface area contributed by atoms with E-state index in [1.165, 1.54) is 31.5 Å². The summed E-state index contributed by atoms with van der Waals surface area (Å²) in [5.41, 5.74) is 7.37. The molecule has 1 aromatic heterocycles. The minimum Gasteiger partial charge on any atom is -0.384 e. The first kappa shape index (κ1) is 12.8. The van der Waals surface area contributed by atoms with Crippen LogP contribution in [0.25, 0.3) is 0 Å². The highest BCUT2D eigenvalue weighted by atomic mass is 32.2. The zero-order chi connectivity index (χ0) is 12.3. The van der Waals surface area contributed by atoms with E-state index in [2.05, 4.69) is 17.7 Å². The molecule has 3 nitrogen and oxygen atoms in total. The highest BCUT2D eigenvalue weighted by molar-refractivity contribution is 7.98. The van der Waals surface area contributed by atoms with Crippen LogP contribution in [-0.2, 0) is 13.0 Å². The Morgan fingerprint density at radius 2 is 2.24 bits per heavy atom. The Kier molecular flexibility index (Phi) is 4.37. The van der Waals surface area contributed by atoms with Gasteiger partial charge in [0.15, 0.2) is 0 Å². The number of thioether (sulfide) groups is 1. The van der Waals surface area contributed by atoms with Gasteiger partial charge in [0.05, 0.1) is 5.69 Å². The molecule has 96 valence electrons. The number of anilines is 1. The van der Waals surface area contributed by atoms with Crippen molar-refractivity contribution >= 4 is 17.6 Å². The number of aromatic nitrogens is 2. The second kappa shape index (κ2) is 5.80. The van der Waals surface area contributed by atoms with Gasteiger partial charge in [-0.25, -0.2) is 4.98 Å². The molecule has 2 rings (SSSR count). The van der Waals surface area contributed by atoms with Gasteiger partial charge in [0.1, 0.15) is 11.6 Å². The summed E-state index contributed by atoms with van der Waals surface area (Å²) >= 11 is 1.86. The molecule has 0 bridgehead atoms. The van der Waals surface area contributed by atoms with Gasteiger partial charge < -0.3 is 10.3 Å². The third-order valence-electron chi connectivity index (χ3n) is 3.33. The molecular formula is C13H23N3S. The molecule has 0 spiro atoms. The van der Waals surface area contributed by atoms with Crippen LogP contribution in [0, 0.1) is 0 Å². The first-order valence-electron chi connectivity index (χ1n) is 6.61. The monoisotopic (exact) mass is 253 g/mol. The summed E-state index contributed by atoms with van der Waals surface area (Å²) in [5.74, 6) is 3.98. The molecule has 17 heavy (non-hydrogen) atoms. The van der Waals surface area contributed by atoms with Gasteiger partial charge in [-0.05, 0) is 31.3 Å². The van der Waals surface area contributed by atoms with E-state index in [-0.39, 0.29) is 0 Å². The highest BCUT2D eigenvalue weighted by Gasteiger charge is 2.30. The van der Waals surface area contributed by atoms with Crippen molar-refractivity contribution in [2.24, 2.45) is 0 Å². The number of hydrogen-bond acceptors (Lipinski definition) is 3. The van der Waals surface area contributed by atoms with Crippen molar-refractivity contribution in [2.45, 2.75) is 51.5 Å². The van der Waals surface area contributed by atoms with Crippen LogP contribution in [0.4, 0.5) is 5.82 Å². The molecule has 1 heterocycles. The summed E-state index contributed by atoms with van der Waals surface area (Å²) in [6.45, 7) is 3.26. The quantitative estimate of drug-likeness (QED) is 0.812. The number of nitrogen functional groups attached to an aromatic ring is 1. The predicted octanol–water partition coefficient (Wildman–Crippen LogP) is 3.05. The average Bonchev–Trinajstić information content (AvgIpc) is 3.12. The van der Waals surface area contributed by atoms with E-state index in [1.807, 2.05) is 11.8 Å². The van der Waals surface area contributed by atoms with Crippen molar-refractivity contribution in [1.29, 1.82) is 0 Å². The number of nitrogens with two attached hydrogens (primary N) is 1. The number of imidazole rings is 1. The van der Waals surface area contributed by atoms with E-state index < -0.39 is 0 Å². The number of rotatable bonds is 7. The highest BCUT2D eigenvalue weighted by Crippen LogP contribution is 2.40. The van der Waals surface area contributed by atoms with Gasteiger partial charge in [-0.3, -0.25) is 0 Å². The van der Waals surface area contributed by atoms with Crippen molar-refractivity contribution in [3.8, 4) is 0 Å². The Labute approximate surface area is 108 Å². The van der Waals surface area contributed by atoms with E-state index in [1.54, 1.807) is 0 Å². The van der Waals surface area contributed by atoms with Gasteiger partial charge in [-0.15, -0.1) is 0 Å². The first-order chi connectivity index (χ1) is 8.27. The third-order valence-corrected chi connectivity index (χ3v) is 3.95. The molecule has 0 saturated heterocycles. The second-order valence-corrected chi connectivity index (χ2v) is 5.81. The number of nitrogens with zero attached hydrogens (tertiary/aromatic N) is 2. The summed E-state index contributed by atoms with van der Waals surface area (Å²) in [6, 6.07) is 0. The molecule has 2 N–H and O–H groups in total. The Bertz CT molecular complexity index is 369. The smallest absolute Gasteiger partial charge is 0.126 e. The molecule has 1 aliphatic carbocycles. The molecule has 4 heteroatoms. The zero-order valence-corrected chi connectivity index (χ0v) is 11.7. The van der Waals surface area contributed by atoms with E-state index in [4.69, 9.17) is 10.7 Å². The summed E-state index contributed by atoms with van der Waals surface area (Å²) in [5, 5.41) is 0. The number of unbranched alkanes of at least 4 members (excludes halogenated alkanes) is 1. The van der Waals surface area contributed by atoms with Crippen LogP contribution in [0.15, 0.2) is 0 Å². The first-order valence-corrected chi connectivity index (χ1v) is 8.01. The van der Waals surface area contributed by atoms with Gasteiger partial charge in [-0.2, -0.15) is 11.8 Å². The van der Waals surface area contributed by atoms with Gasteiger partial charge in [0.25, 0.3) is 0 Å². The van der Waals surface area contributed by atoms with Crippen LogP contribution >= 0.6 is 11.8 Å². The van der Waals surface area contributed by atoms with Crippen molar-refractivity contribution in [3.05, 3.63) is 11.5 Å². The fraction of sp³-hybridized carbons (Fsp3) is 0.769. The average molecular weight is 253 g/mol. The molecule has 0 aliphatic heterocycles. The zero-order valence-electron chi connectivity index (χ0n) is 10.9. The molecule has 1 fully saturated rings. The molecule has 0 amide bonds. The lowest BCUT2D eigenvalue weighted by Gasteiger charge is -2.08. The Morgan fingerprint density at radius 3 is 2.82 bits per heavy atom. The summed E-state index contributed by atoms with van der Waals surface area (Å²) < 4.78 is 2.27. The SMILES string of the molecule is CCCCn1c(C2CC2)nc(CCSC)c1N. The Balaban J connectivity index is 2.17. The maximum absolute atomic E-state index is 6.24. The van der Waals surface area contributed by atoms with Gasteiger partial charge in [-0.1, -0.05) is 13.3 Å². The van der Waals surface area contributed by atoms with Crippen LogP contribution < -0.4 is 5.73 Å². The molecule has 1 aliphatic rings. The molecule has 0 unspecified atom stereocenters. The number of aryl methyl sites for hydroxylation is 1. The number of hydrogen-bond donors (Lipinski definition) is 1. The molecule has 0 atom stereocenters. The van der Waals surface area contributed by atoms with Crippen molar-refractivity contribution in [3.63, 3.8) is 0 Å². The van der Waals surface area contributed by atoms with E-state index in [0.29, 0.717) is 5.92 Å². The summed E-state index contributed by atoms with van der Waals surface area (Å²) in [6.07, 6.45) is 8.14. The lowest BCUT2D eigenvalue weighted by atomic mass is 10.3. The predicted molar refractivity (Wildman–Crippen MR) is 75.6 cm³/mol. The Hall–Kier alpha value is -0.640. The summed E-state index contributed by atoms with van der Waals surface area (Å²) in [4.78, 5) is 4.79. The molecule has 1 aromatic rings. The maximum atomic E-state index is 6.24. The molecular weight excluding hydrogens is 230 g/mol. The van der Waals surface area contributed by atoms with E-state index in [0.717, 1.165) is 30.2 Å². The van der Waals surface area contributed by atoms with Crippen molar-refractivity contribution in [2.75, 3.05) is 17.7 Å². The van der Waals surface area contributed by atoms with Crippen LogP contribution in [0.1, 0.15) is 50.0 Å². The van der Waals surface area contributed by atoms with Crippen LogP contribution in [-0.4, -0.2) is 21.6 Å². The second-order valence-electron chi connectivity index (χ2n) is 4.82. The fourth-order valence-electron chi connectivity index (χ4n) is 2.12. The van der Waals surface area contributed by atoms with Gasteiger partial charge in [0.2, 0.25) is 0 Å². The normalized spacial score (nSPS) is 15.4. The van der Waals surface area contributed by atoms with Crippen LogP contribution in [0.2, 0.25) is 0 Å². The van der Waals surface area contributed by atoms with Gasteiger partial charge >= 0.3 is 0 Å². The van der Waals surface area contributed by atoms with Crippen molar-refractivity contribution in [1.82, 2.24) is 9.55 Å². The van der Waals surface area contributed by atoms with Gasteiger partial charge in [0, 0.05) is 18.9 Å². The molecule has 0 aromatic carbocycles. The van der Waals surface area contributed by atoms with Crippen LogP contribution in [0.5, 0.6) is 0 Å². The molecule has 1 saturated carbocycles. The van der Waals surface area contributed by atoms with Crippen molar-refractivity contribution < 1.29 is 0 Å². The minimum absolute atomic E-state index is 0.692. The molecule has 0 radical (unpaired) electrons. The third kappa shape index (κ3) is 2.97. The largest absolute Gasteiger partial charge is 0.384 e. The fourth-order valence-corrected chi connectivity index (χ4v) is 2.52.